The number of aromatic nitrogens is 2. The molecule has 4 rings (SSSR count). The van der Waals surface area contributed by atoms with Crippen molar-refractivity contribution in [3.05, 3.63) is 48.4 Å². The van der Waals surface area contributed by atoms with Crippen LogP contribution in [0.4, 0.5) is 5.82 Å². The van der Waals surface area contributed by atoms with Gasteiger partial charge in [-0.15, -0.1) is 4.40 Å². The summed E-state index contributed by atoms with van der Waals surface area (Å²) < 4.78 is 28.3. The van der Waals surface area contributed by atoms with Crippen LogP contribution in [0.15, 0.2) is 52.1 Å². The van der Waals surface area contributed by atoms with Gasteiger partial charge in [0.25, 0.3) is 10.0 Å². The number of hydrogen-bond donors (Lipinski definition) is 0. The fourth-order valence-corrected chi connectivity index (χ4v) is 4.16. The first-order chi connectivity index (χ1) is 11.1. The van der Waals surface area contributed by atoms with Gasteiger partial charge >= 0.3 is 0 Å². The van der Waals surface area contributed by atoms with E-state index in [4.69, 9.17) is 0 Å². The Kier molecular flexibility index (Phi) is 3.26. The standard InChI is InChI=1S/C15H15N5O2S/c21-23(22)13-4-2-1-3-12(13)15(18-23)20-9-7-19(8-10-20)14-5-6-16-11-17-14/h1-6,11H,7-10H2. The van der Waals surface area contributed by atoms with Crippen molar-refractivity contribution in [1.29, 1.82) is 0 Å². The van der Waals surface area contributed by atoms with Crippen molar-refractivity contribution in [2.24, 2.45) is 4.40 Å². The Morgan fingerprint density at radius 1 is 0.957 bits per heavy atom. The number of piperazine rings is 1. The fraction of sp³-hybridized carbons (Fsp3) is 0.267. The third kappa shape index (κ3) is 2.44. The van der Waals surface area contributed by atoms with Crippen LogP contribution in [-0.2, 0) is 10.0 Å². The molecule has 2 aliphatic heterocycles. The normalized spacial score (nSPS) is 19.4. The lowest BCUT2D eigenvalue weighted by Crippen LogP contribution is -2.49. The SMILES string of the molecule is O=S1(=O)N=C(N2CCN(c3ccncn3)CC2)c2ccccc21. The van der Waals surface area contributed by atoms with Crippen molar-refractivity contribution >= 4 is 21.7 Å². The zero-order valence-electron chi connectivity index (χ0n) is 12.3. The van der Waals surface area contributed by atoms with Crippen LogP contribution in [0.25, 0.3) is 0 Å². The van der Waals surface area contributed by atoms with E-state index in [9.17, 15) is 8.42 Å². The maximum absolute atomic E-state index is 12.2. The highest BCUT2D eigenvalue weighted by atomic mass is 32.2. The van der Waals surface area contributed by atoms with Crippen molar-refractivity contribution in [2.45, 2.75) is 4.90 Å². The summed E-state index contributed by atoms with van der Waals surface area (Å²) in [5, 5.41) is 0. The van der Waals surface area contributed by atoms with Crippen LogP contribution >= 0.6 is 0 Å². The van der Waals surface area contributed by atoms with Gasteiger partial charge in [-0.05, 0) is 18.2 Å². The van der Waals surface area contributed by atoms with Gasteiger partial charge in [0.15, 0.2) is 5.84 Å². The van der Waals surface area contributed by atoms with E-state index in [1.807, 2.05) is 23.1 Å². The van der Waals surface area contributed by atoms with Crippen LogP contribution in [0.3, 0.4) is 0 Å². The fourth-order valence-electron chi connectivity index (χ4n) is 2.93. The number of hydrogen-bond acceptors (Lipinski definition) is 6. The van der Waals surface area contributed by atoms with E-state index in [1.54, 1.807) is 18.3 Å². The van der Waals surface area contributed by atoms with Gasteiger partial charge in [-0.2, -0.15) is 8.42 Å². The maximum Gasteiger partial charge on any atom is 0.285 e. The lowest BCUT2D eigenvalue weighted by atomic mass is 10.1. The van der Waals surface area contributed by atoms with Crippen LogP contribution in [0.2, 0.25) is 0 Å². The number of benzene rings is 1. The Balaban J connectivity index is 1.56. The smallest absolute Gasteiger partial charge is 0.285 e. The maximum atomic E-state index is 12.2. The minimum Gasteiger partial charge on any atom is -0.353 e. The van der Waals surface area contributed by atoms with Crippen LogP contribution in [0.5, 0.6) is 0 Å². The second-order valence-electron chi connectivity index (χ2n) is 5.43. The number of fused-ring (bicyclic) bond motifs is 1. The molecule has 0 atom stereocenters. The molecule has 1 saturated heterocycles. The summed E-state index contributed by atoms with van der Waals surface area (Å²) in [5.41, 5.74) is 0.697. The quantitative estimate of drug-likeness (QED) is 0.768. The van der Waals surface area contributed by atoms with Crippen LogP contribution in [0.1, 0.15) is 5.56 Å². The largest absolute Gasteiger partial charge is 0.353 e. The summed E-state index contributed by atoms with van der Waals surface area (Å²) in [4.78, 5) is 12.7. The van der Waals surface area contributed by atoms with Gasteiger partial charge in [0.1, 0.15) is 17.0 Å². The molecule has 0 unspecified atom stereocenters. The molecule has 8 heteroatoms. The van der Waals surface area contributed by atoms with Gasteiger partial charge in [-0.3, -0.25) is 0 Å². The molecule has 2 aromatic rings. The summed E-state index contributed by atoms with van der Waals surface area (Å²) in [6.45, 7) is 2.93. The molecule has 0 spiro atoms. The molecular formula is C15H15N5O2S. The minimum absolute atomic E-state index is 0.299. The average molecular weight is 329 g/mol. The van der Waals surface area contributed by atoms with E-state index in [2.05, 4.69) is 19.3 Å². The monoisotopic (exact) mass is 329 g/mol. The van der Waals surface area contributed by atoms with E-state index in [1.165, 1.54) is 6.33 Å². The van der Waals surface area contributed by atoms with Gasteiger partial charge in [-0.1, -0.05) is 12.1 Å². The van der Waals surface area contributed by atoms with E-state index in [-0.39, 0.29) is 0 Å². The third-order valence-electron chi connectivity index (χ3n) is 4.08. The van der Waals surface area contributed by atoms with Crippen molar-refractivity contribution in [2.75, 3.05) is 31.1 Å². The highest BCUT2D eigenvalue weighted by molar-refractivity contribution is 7.90. The minimum atomic E-state index is -3.56. The van der Waals surface area contributed by atoms with Crippen LogP contribution < -0.4 is 4.90 Å². The molecule has 1 aromatic carbocycles. The number of anilines is 1. The topological polar surface area (TPSA) is 78.8 Å². The number of rotatable bonds is 1. The number of nitrogens with zero attached hydrogens (tertiary/aromatic N) is 5. The van der Waals surface area contributed by atoms with Gasteiger partial charge in [-0.25, -0.2) is 9.97 Å². The molecule has 1 aromatic heterocycles. The van der Waals surface area contributed by atoms with Crippen molar-refractivity contribution in [3.8, 4) is 0 Å². The highest BCUT2D eigenvalue weighted by Crippen LogP contribution is 2.28. The second kappa shape index (κ2) is 5.31. The molecule has 23 heavy (non-hydrogen) atoms. The number of amidine groups is 1. The third-order valence-corrected chi connectivity index (χ3v) is 5.41. The molecule has 0 saturated carbocycles. The molecule has 7 nitrogen and oxygen atoms in total. The first-order valence-electron chi connectivity index (χ1n) is 7.35. The summed E-state index contributed by atoms with van der Waals surface area (Å²) in [5.74, 6) is 1.45. The second-order valence-corrected chi connectivity index (χ2v) is 7.00. The molecule has 0 bridgehead atoms. The molecule has 0 N–H and O–H groups in total. The molecular weight excluding hydrogens is 314 g/mol. The molecule has 2 aliphatic rings. The Morgan fingerprint density at radius 2 is 1.70 bits per heavy atom. The van der Waals surface area contributed by atoms with E-state index in [0.29, 0.717) is 29.4 Å². The molecule has 0 aliphatic carbocycles. The predicted molar refractivity (Wildman–Crippen MR) is 86.0 cm³/mol. The Morgan fingerprint density at radius 3 is 2.43 bits per heavy atom. The Hall–Kier alpha value is -2.48. The lowest BCUT2D eigenvalue weighted by molar-refractivity contribution is 0.386. The zero-order chi connectivity index (χ0) is 15.9. The van der Waals surface area contributed by atoms with Gasteiger partial charge < -0.3 is 9.80 Å². The Bertz CT molecular complexity index is 858. The predicted octanol–water partition coefficient (Wildman–Crippen LogP) is 0.748. The van der Waals surface area contributed by atoms with Crippen LogP contribution in [0, 0.1) is 0 Å². The lowest BCUT2D eigenvalue weighted by Gasteiger charge is -2.36. The van der Waals surface area contributed by atoms with Crippen molar-refractivity contribution < 1.29 is 8.42 Å². The molecule has 3 heterocycles. The average Bonchev–Trinajstić information content (AvgIpc) is 2.88. The summed E-state index contributed by atoms with van der Waals surface area (Å²) in [7, 11) is -3.56. The van der Waals surface area contributed by atoms with E-state index in [0.717, 1.165) is 18.9 Å². The van der Waals surface area contributed by atoms with E-state index >= 15 is 0 Å². The molecule has 0 radical (unpaired) electrons. The van der Waals surface area contributed by atoms with E-state index < -0.39 is 10.0 Å². The molecule has 118 valence electrons. The van der Waals surface area contributed by atoms with Crippen molar-refractivity contribution in [1.82, 2.24) is 14.9 Å². The van der Waals surface area contributed by atoms with Gasteiger partial charge in [0, 0.05) is 37.9 Å². The van der Waals surface area contributed by atoms with Gasteiger partial charge in [0.2, 0.25) is 0 Å². The zero-order valence-corrected chi connectivity index (χ0v) is 13.1. The molecule has 1 fully saturated rings. The first kappa shape index (κ1) is 14.1. The van der Waals surface area contributed by atoms with Crippen LogP contribution in [-0.4, -0.2) is 55.3 Å². The Labute approximate surface area is 134 Å². The number of sulfonamides is 1. The summed E-state index contributed by atoms with van der Waals surface area (Å²) in [6, 6.07) is 8.87. The molecule has 0 amide bonds. The first-order valence-corrected chi connectivity index (χ1v) is 8.79. The summed E-state index contributed by atoms with van der Waals surface area (Å²) >= 11 is 0. The van der Waals surface area contributed by atoms with Gasteiger partial charge in [0.05, 0.1) is 0 Å². The summed E-state index contributed by atoms with van der Waals surface area (Å²) in [6.07, 6.45) is 3.25. The highest BCUT2D eigenvalue weighted by Gasteiger charge is 2.32. The van der Waals surface area contributed by atoms with Crippen molar-refractivity contribution in [3.63, 3.8) is 0 Å².